The first kappa shape index (κ1) is 18.0. The second kappa shape index (κ2) is 7.72. The molecule has 0 radical (unpaired) electrons. The smallest absolute Gasteiger partial charge is 0.409 e. The lowest BCUT2D eigenvalue weighted by atomic mass is 10.1. The molecule has 1 aliphatic heterocycles. The number of piperazine rings is 1. The Hall–Kier alpha value is -2.34. The summed E-state index contributed by atoms with van der Waals surface area (Å²) in [5, 5.41) is 4.82. The molecule has 144 valence electrons. The van der Waals surface area contributed by atoms with Crippen molar-refractivity contribution in [3.05, 3.63) is 35.4 Å². The summed E-state index contributed by atoms with van der Waals surface area (Å²) < 4.78 is 5.13. The largest absolute Gasteiger partial charge is 0.450 e. The van der Waals surface area contributed by atoms with Gasteiger partial charge in [-0.3, -0.25) is 0 Å². The van der Waals surface area contributed by atoms with Gasteiger partial charge < -0.3 is 19.9 Å². The Morgan fingerprint density at radius 3 is 2.70 bits per heavy atom. The molecule has 1 amide bonds. The molecule has 2 fully saturated rings. The first-order chi connectivity index (χ1) is 13.1. The van der Waals surface area contributed by atoms with Crippen LogP contribution in [0, 0.1) is 6.92 Å². The third kappa shape index (κ3) is 4.16. The Balaban J connectivity index is 1.56. The molecule has 2 aliphatic rings. The van der Waals surface area contributed by atoms with Crippen LogP contribution >= 0.6 is 0 Å². The van der Waals surface area contributed by atoms with E-state index in [1.165, 1.54) is 29.4 Å². The number of pyridine rings is 1. The number of anilines is 1. The van der Waals surface area contributed by atoms with Crippen LogP contribution in [0.25, 0.3) is 10.9 Å². The zero-order valence-electron chi connectivity index (χ0n) is 16.2. The standard InChI is InChI=1S/C21H28N4O2/c1-3-27-21(26)25-10-8-24(9-11-25)20-17(14-22-18-5-6-18)13-16-12-15(2)4-7-19(16)23-20/h4,7,12-13,18,22H,3,5-6,8-11,14H2,1-2H3. The van der Waals surface area contributed by atoms with Crippen molar-refractivity contribution in [1.82, 2.24) is 15.2 Å². The van der Waals surface area contributed by atoms with E-state index in [1.54, 1.807) is 4.90 Å². The molecule has 1 aliphatic carbocycles. The van der Waals surface area contributed by atoms with Crippen LogP contribution in [-0.4, -0.2) is 54.8 Å². The number of carbonyl (C=O) groups is 1. The fraction of sp³-hybridized carbons (Fsp3) is 0.524. The fourth-order valence-corrected chi connectivity index (χ4v) is 3.59. The number of amides is 1. The monoisotopic (exact) mass is 368 g/mol. The van der Waals surface area contributed by atoms with Gasteiger partial charge >= 0.3 is 6.09 Å². The highest BCUT2D eigenvalue weighted by Gasteiger charge is 2.25. The lowest BCUT2D eigenvalue weighted by Gasteiger charge is -2.35. The maximum atomic E-state index is 12.0. The molecule has 0 bridgehead atoms. The number of aromatic nitrogens is 1. The molecule has 1 saturated heterocycles. The third-order valence-electron chi connectivity index (χ3n) is 5.29. The summed E-state index contributed by atoms with van der Waals surface area (Å²) in [6.07, 6.45) is 2.33. The second-order valence-corrected chi connectivity index (χ2v) is 7.50. The molecular weight excluding hydrogens is 340 g/mol. The molecule has 0 unspecified atom stereocenters. The quantitative estimate of drug-likeness (QED) is 0.879. The molecule has 4 rings (SSSR count). The minimum absolute atomic E-state index is 0.213. The Kier molecular flexibility index (Phi) is 5.16. The second-order valence-electron chi connectivity index (χ2n) is 7.50. The average Bonchev–Trinajstić information content (AvgIpc) is 3.50. The highest BCUT2D eigenvalue weighted by Crippen LogP contribution is 2.27. The van der Waals surface area contributed by atoms with E-state index in [4.69, 9.17) is 9.72 Å². The van der Waals surface area contributed by atoms with E-state index in [0.717, 1.165) is 31.0 Å². The number of ether oxygens (including phenoxy) is 1. The fourth-order valence-electron chi connectivity index (χ4n) is 3.59. The molecule has 1 aromatic heterocycles. The van der Waals surface area contributed by atoms with Crippen molar-refractivity contribution in [2.45, 2.75) is 39.3 Å². The van der Waals surface area contributed by atoms with Crippen molar-refractivity contribution in [1.29, 1.82) is 0 Å². The van der Waals surface area contributed by atoms with Crippen molar-refractivity contribution in [2.24, 2.45) is 0 Å². The van der Waals surface area contributed by atoms with Crippen LogP contribution in [0.5, 0.6) is 0 Å². The molecule has 0 spiro atoms. The Morgan fingerprint density at radius 2 is 2.00 bits per heavy atom. The maximum Gasteiger partial charge on any atom is 0.409 e. The molecule has 1 N–H and O–H groups in total. The summed E-state index contributed by atoms with van der Waals surface area (Å²) in [5.41, 5.74) is 3.52. The van der Waals surface area contributed by atoms with E-state index in [1.807, 2.05) is 6.92 Å². The molecule has 0 atom stereocenters. The van der Waals surface area contributed by atoms with Gasteiger partial charge in [-0.1, -0.05) is 11.6 Å². The van der Waals surface area contributed by atoms with Gasteiger partial charge in [0.25, 0.3) is 0 Å². The number of nitrogens with one attached hydrogen (secondary N) is 1. The number of hydrogen-bond donors (Lipinski definition) is 1. The molecular formula is C21H28N4O2. The number of benzene rings is 1. The summed E-state index contributed by atoms with van der Waals surface area (Å²) >= 11 is 0. The molecule has 2 heterocycles. The van der Waals surface area contributed by atoms with Crippen molar-refractivity contribution >= 4 is 22.8 Å². The third-order valence-corrected chi connectivity index (χ3v) is 5.29. The molecule has 2 aromatic rings. The van der Waals surface area contributed by atoms with Gasteiger partial charge in [-0.25, -0.2) is 9.78 Å². The minimum atomic E-state index is -0.213. The molecule has 1 saturated carbocycles. The lowest BCUT2D eigenvalue weighted by Crippen LogP contribution is -2.49. The highest BCUT2D eigenvalue weighted by molar-refractivity contribution is 5.82. The van der Waals surface area contributed by atoms with Gasteiger partial charge in [-0.2, -0.15) is 0 Å². The molecule has 27 heavy (non-hydrogen) atoms. The number of carbonyl (C=O) groups excluding carboxylic acids is 1. The van der Waals surface area contributed by atoms with Gasteiger partial charge in [-0.05, 0) is 44.9 Å². The number of aryl methyl sites for hydroxylation is 1. The highest BCUT2D eigenvalue weighted by atomic mass is 16.6. The zero-order valence-corrected chi connectivity index (χ0v) is 16.2. The van der Waals surface area contributed by atoms with E-state index in [0.29, 0.717) is 25.7 Å². The minimum Gasteiger partial charge on any atom is -0.450 e. The van der Waals surface area contributed by atoms with Crippen LogP contribution in [0.2, 0.25) is 0 Å². The van der Waals surface area contributed by atoms with Gasteiger partial charge in [0.1, 0.15) is 5.82 Å². The van der Waals surface area contributed by atoms with E-state index in [-0.39, 0.29) is 6.09 Å². The van der Waals surface area contributed by atoms with Crippen molar-refractivity contribution in [3.8, 4) is 0 Å². The van der Waals surface area contributed by atoms with Crippen LogP contribution in [0.1, 0.15) is 30.9 Å². The SMILES string of the molecule is CCOC(=O)N1CCN(c2nc3ccc(C)cc3cc2CNC2CC2)CC1. The summed E-state index contributed by atoms with van der Waals surface area (Å²) in [5.74, 6) is 1.04. The normalized spacial score (nSPS) is 17.4. The summed E-state index contributed by atoms with van der Waals surface area (Å²) in [6.45, 7) is 8.11. The predicted octanol–water partition coefficient (Wildman–Crippen LogP) is 3.07. The van der Waals surface area contributed by atoms with Crippen molar-refractivity contribution in [2.75, 3.05) is 37.7 Å². The van der Waals surface area contributed by atoms with E-state index in [2.05, 4.69) is 41.4 Å². The number of rotatable bonds is 5. The molecule has 6 nitrogen and oxygen atoms in total. The summed E-state index contributed by atoms with van der Waals surface area (Å²) in [6, 6.07) is 9.34. The number of hydrogen-bond acceptors (Lipinski definition) is 5. The van der Waals surface area contributed by atoms with Gasteiger partial charge in [-0.15, -0.1) is 0 Å². The van der Waals surface area contributed by atoms with Gasteiger partial charge in [0.15, 0.2) is 0 Å². The lowest BCUT2D eigenvalue weighted by molar-refractivity contribution is 0.105. The van der Waals surface area contributed by atoms with Gasteiger partial charge in [0.05, 0.1) is 12.1 Å². The van der Waals surface area contributed by atoms with Crippen molar-refractivity contribution in [3.63, 3.8) is 0 Å². The predicted molar refractivity (Wildman–Crippen MR) is 107 cm³/mol. The molecule has 1 aromatic carbocycles. The van der Waals surface area contributed by atoms with E-state index in [9.17, 15) is 4.79 Å². The first-order valence-electron chi connectivity index (χ1n) is 9.94. The van der Waals surface area contributed by atoms with E-state index < -0.39 is 0 Å². The summed E-state index contributed by atoms with van der Waals surface area (Å²) in [7, 11) is 0. The van der Waals surface area contributed by atoms with Crippen LogP contribution < -0.4 is 10.2 Å². The average molecular weight is 368 g/mol. The zero-order chi connectivity index (χ0) is 18.8. The Morgan fingerprint density at radius 1 is 1.22 bits per heavy atom. The van der Waals surface area contributed by atoms with Crippen molar-refractivity contribution < 1.29 is 9.53 Å². The van der Waals surface area contributed by atoms with Crippen LogP contribution in [0.15, 0.2) is 24.3 Å². The molecule has 6 heteroatoms. The topological polar surface area (TPSA) is 57.7 Å². The Labute approximate surface area is 160 Å². The number of fused-ring (bicyclic) bond motifs is 1. The van der Waals surface area contributed by atoms with Gasteiger partial charge in [0.2, 0.25) is 0 Å². The van der Waals surface area contributed by atoms with Crippen LogP contribution in [-0.2, 0) is 11.3 Å². The first-order valence-corrected chi connectivity index (χ1v) is 9.94. The Bertz CT molecular complexity index is 826. The van der Waals surface area contributed by atoms with E-state index >= 15 is 0 Å². The van der Waals surface area contributed by atoms with Crippen LogP contribution in [0.3, 0.4) is 0 Å². The number of nitrogens with zero attached hydrogens (tertiary/aromatic N) is 3. The summed E-state index contributed by atoms with van der Waals surface area (Å²) in [4.78, 5) is 21.0. The van der Waals surface area contributed by atoms with Crippen LogP contribution in [0.4, 0.5) is 10.6 Å². The maximum absolute atomic E-state index is 12.0. The van der Waals surface area contributed by atoms with Gasteiger partial charge in [0, 0.05) is 49.7 Å².